The lowest BCUT2D eigenvalue weighted by atomic mass is 9.99. The van der Waals surface area contributed by atoms with Crippen molar-refractivity contribution in [3.8, 4) is 11.8 Å². The minimum atomic E-state index is -0.592. The molecule has 0 aliphatic rings. The molecule has 0 aliphatic heterocycles. The first-order valence-electron chi connectivity index (χ1n) is 5.96. The van der Waals surface area contributed by atoms with Gasteiger partial charge in [0.25, 0.3) is 0 Å². The number of rotatable bonds is 4. The highest BCUT2D eigenvalue weighted by Gasteiger charge is 2.19. The maximum atomic E-state index is 13.8. The van der Waals surface area contributed by atoms with E-state index in [0.29, 0.717) is 18.0 Å². The molecular weight excluding hydrogens is 245 g/mol. The third kappa shape index (κ3) is 2.58. The highest BCUT2D eigenvalue weighted by molar-refractivity contribution is 5.37. The Labute approximate surface area is 111 Å². The number of aryl methyl sites for hydroxylation is 1. The Bertz CT molecular complexity index is 615. The zero-order chi connectivity index (χ0) is 13.8. The maximum Gasteiger partial charge on any atom is 0.165 e. The molecule has 1 aromatic heterocycles. The van der Waals surface area contributed by atoms with E-state index in [4.69, 9.17) is 4.74 Å². The van der Waals surface area contributed by atoms with Crippen LogP contribution in [0.2, 0.25) is 0 Å². The summed E-state index contributed by atoms with van der Waals surface area (Å²) in [5.41, 5.74) is 0.567. The van der Waals surface area contributed by atoms with Crippen LogP contribution in [0.15, 0.2) is 30.6 Å². The van der Waals surface area contributed by atoms with E-state index in [0.717, 1.165) is 0 Å². The summed E-state index contributed by atoms with van der Waals surface area (Å²) < 4.78 is 20.7. The van der Waals surface area contributed by atoms with Gasteiger partial charge in [-0.2, -0.15) is 5.26 Å². The van der Waals surface area contributed by atoms with Crippen molar-refractivity contribution in [2.75, 3.05) is 6.61 Å². The topological polar surface area (TPSA) is 50.8 Å². The van der Waals surface area contributed by atoms with Crippen molar-refractivity contribution in [1.82, 2.24) is 9.55 Å². The zero-order valence-corrected chi connectivity index (χ0v) is 10.8. The lowest BCUT2D eigenvalue weighted by Crippen LogP contribution is -2.06. The summed E-state index contributed by atoms with van der Waals surface area (Å²) >= 11 is 0. The Morgan fingerprint density at radius 2 is 2.32 bits per heavy atom. The number of benzene rings is 1. The number of nitrogens with zero attached hydrogens (tertiary/aromatic N) is 3. The number of nitriles is 1. The van der Waals surface area contributed by atoms with Crippen LogP contribution in [0, 0.1) is 17.1 Å². The van der Waals surface area contributed by atoms with Crippen LogP contribution in [0.1, 0.15) is 24.2 Å². The van der Waals surface area contributed by atoms with E-state index >= 15 is 0 Å². The Balaban J connectivity index is 2.38. The molecule has 4 nitrogen and oxygen atoms in total. The number of imidazole rings is 1. The molecule has 2 rings (SSSR count). The minimum Gasteiger partial charge on any atom is -0.491 e. The van der Waals surface area contributed by atoms with Crippen LogP contribution in [-0.4, -0.2) is 16.2 Å². The molecule has 1 unspecified atom stereocenters. The van der Waals surface area contributed by atoms with Crippen molar-refractivity contribution in [2.45, 2.75) is 12.8 Å². The van der Waals surface area contributed by atoms with Gasteiger partial charge in [0.15, 0.2) is 11.6 Å². The van der Waals surface area contributed by atoms with Crippen molar-refractivity contribution in [3.63, 3.8) is 0 Å². The first kappa shape index (κ1) is 13.1. The second-order valence-corrected chi connectivity index (χ2v) is 4.08. The van der Waals surface area contributed by atoms with Crippen LogP contribution < -0.4 is 4.74 Å². The van der Waals surface area contributed by atoms with Crippen LogP contribution in [0.25, 0.3) is 0 Å². The second-order valence-electron chi connectivity index (χ2n) is 4.08. The van der Waals surface area contributed by atoms with Gasteiger partial charge in [-0.05, 0) is 24.6 Å². The summed E-state index contributed by atoms with van der Waals surface area (Å²) in [5, 5.41) is 9.28. The molecule has 5 heteroatoms. The van der Waals surface area contributed by atoms with E-state index in [1.165, 1.54) is 6.07 Å². The van der Waals surface area contributed by atoms with Crippen molar-refractivity contribution >= 4 is 0 Å². The Morgan fingerprint density at radius 3 is 2.84 bits per heavy atom. The molecule has 1 heterocycles. The number of hydrogen-bond donors (Lipinski definition) is 0. The molecule has 0 aliphatic carbocycles. The van der Waals surface area contributed by atoms with Crippen LogP contribution >= 0.6 is 0 Å². The van der Waals surface area contributed by atoms with Crippen LogP contribution in [0.4, 0.5) is 4.39 Å². The Kier molecular flexibility index (Phi) is 3.81. The summed E-state index contributed by atoms with van der Waals surface area (Å²) in [4.78, 5) is 4.14. The van der Waals surface area contributed by atoms with Crippen LogP contribution in [0.3, 0.4) is 0 Å². The van der Waals surface area contributed by atoms with Crippen molar-refractivity contribution in [2.24, 2.45) is 7.05 Å². The summed E-state index contributed by atoms with van der Waals surface area (Å²) in [7, 11) is 1.80. The smallest absolute Gasteiger partial charge is 0.165 e. The van der Waals surface area contributed by atoms with E-state index in [9.17, 15) is 9.65 Å². The molecule has 19 heavy (non-hydrogen) atoms. The minimum absolute atomic E-state index is 0.197. The quantitative estimate of drug-likeness (QED) is 0.848. The predicted octanol–water partition coefficient (Wildman–Crippen LogP) is 2.61. The van der Waals surface area contributed by atoms with E-state index < -0.39 is 11.7 Å². The standard InChI is InChI=1S/C14H14FN3O/c1-3-19-13-5-4-10(8-12(13)15)11(9-16)14-17-6-7-18(14)2/h4-8,11H,3H2,1-2H3. The SMILES string of the molecule is CCOc1ccc(C(C#N)c2nccn2C)cc1F. The Morgan fingerprint density at radius 1 is 1.53 bits per heavy atom. The summed E-state index contributed by atoms with van der Waals surface area (Å²) in [6.07, 6.45) is 3.37. The van der Waals surface area contributed by atoms with Crippen LogP contribution in [0.5, 0.6) is 5.75 Å². The van der Waals surface area contributed by atoms with Gasteiger partial charge in [-0.1, -0.05) is 6.07 Å². The molecule has 0 amide bonds. The van der Waals surface area contributed by atoms with E-state index in [1.807, 2.05) is 0 Å². The Hall–Kier alpha value is -2.35. The largest absolute Gasteiger partial charge is 0.491 e. The van der Waals surface area contributed by atoms with Gasteiger partial charge in [0, 0.05) is 19.4 Å². The van der Waals surface area contributed by atoms with Gasteiger partial charge in [-0.15, -0.1) is 0 Å². The summed E-state index contributed by atoms with van der Waals surface area (Å²) in [5.74, 6) is -0.271. The molecule has 0 fully saturated rings. The fourth-order valence-corrected chi connectivity index (χ4v) is 1.91. The summed E-state index contributed by atoms with van der Waals surface area (Å²) in [6.45, 7) is 2.19. The molecular formula is C14H14FN3O. The molecule has 0 saturated heterocycles. The molecule has 1 aromatic carbocycles. The number of ether oxygens (including phenoxy) is 1. The number of hydrogen-bond acceptors (Lipinski definition) is 3. The lowest BCUT2D eigenvalue weighted by Gasteiger charge is -2.11. The van der Waals surface area contributed by atoms with Gasteiger partial charge >= 0.3 is 0 Å². The number of aromatic nitrogens is 2. The third-order valence-corrected chi connectivity index (χ3v) is 2.83. The first-order valence-corrected chi connectivity index (χ1v) is 5.96. The van der Waals surface area contributed by atoms with Gasteiger partial charge in [0.2, 0.25) is 0 Å². The van der Waals surface area contributed by atoms with Crippen molar-refractivity contribution in [3.05, 3.63) is 47.8 Å². The van der Waals surface area contributed by atoms with Gasteiger partial charge in [-0.25, -0.2) is 9.37 Å². The normalized spacial score (nSPS) is 11.9. The van der Waals surface area contributed by atoms with Crippen LogP contribution in [-0.2, 0) is 7.05 Å². The van der Waals surface area contributed by atoms with E-state index in [1.54, 1.807) is 43.1 Å². The zero-order valence-electron chi connectivity index (χ0n) is 10.8. The van der Waals surface area contributed by atoms with Crippen molar-refractivity contribution < 1.29 is 9.13 Å². The fraction of sp³-hybridized carbons (Fsp3) is 0.286. The molecule has 0 spiro atoms. The molecule has 0 radical (unpaired) electrons. The molecule has 0 bridgehead atoms. The van der Waals surface area contributed by atoms with Gasteiger partial charge in [-0.3, -0.25) is 0 Å². The van der Waals surface area contributed by atoms with Gasteiger partial charge in [0.05, 0.1) is 12.7 Å². The predicted molar refractivity (Wildman–Crippen MR) is 68.2 cm³/mol. The molecule has 1 atom stereocenters. The third-order valence-electron chi connectivity index (χ3n) is 2.83. The second kappa shape index (κ2) is 5.53. The average Bonchev–Trinajstić information content (AvgIpc) is 2.80. The highest BCUT2D eigenvalue weighted by atomic mass is 19.1. The lowest BCUT2D eigenvalue weighted by molar-refractivity contribution is 0.321. The maximum absolute atomic E-state index is 13.8. The van der Waals surface area contributed by atoms with E-state index in [-0.39, 0.29) is 5.75 Å². The molecule has 0 N–H and O–H groups in total. The fourth-order valence-electron chi connectivity index (χ4n) is 1.91. The first-order chi connectivity index (χ1) is 9.17. The average molecular weight is 259 g/mol. The monoisotopic (exact) mass is 259 g/mol. The molecule has 0 saturated carbocycles. The molecule has 98 valence electrons. The number of halogens is 1. The molecule has 2 aromatic rings. The van der Waals surface area contributed by atoms with Gasteiger partial charge < -0.3 is 9.30 Å². The summed E-state index contributed by atoms with van der Waals surface area (Å²) in [6, 6.07) is 6.71. The van der Waals surface area contributed by atoms with E-state index in [2.05, 4.69) is 11.1 Å². The highest BCUT2D eigenvalue weighted by Crippen LogP contribution is 2.26. The van der Waals surface area contributed by atoms with Crippen molar-refractivity contribution in [1.29, 1.82) is 5.26 Å². The van der Waals surface area contributed by atoms with Gasteiger partial charge in [0.1, 0.15) is 11.7 Å².